The van der Waals surface area contributed by atoms with Crippen LogP contribution in [0, 0.1) is 29.1 Å². The van der Waals surface area contributed by atoms with Gasteiger partial charge in [0.05, 0.1) is 7.11 Å². The van der Waals surface area contributed by atoms with E-state index in [0.717, 1.165) is 63.7 Å². The Kier molecular flexibility index (Phi) is 5.79. The molecule has 1 N–H and O–H groups in total. The molecule has 168 valence electrons. The quantitative estimate of drug-likeness (QED) is 0.706. The van der Waals surface area contributed by atoms with Crippen molar-refractivity contribution in [2.24, 2.45) is 17.3 Å². The minimum absolute atomic E-state index is 0.124. The number of benzene rings is 1. The molecular formula is C27H36O4. The first-order chi connectivity index (χ1) is 15.0. The first-order valence-corrected chi connectivity index (χ1v) is 12.2. The van der Waals surface area contributed by atoms with Crippen molar-refractivity contribution in [3.8, 4) is 17.6 Å². The summed E-state index contributed by atoms with van der Waals surface area (Å²) in [5, 5.41) is 11.7. The van der Waals surface area contributed by atoms with Crippen LogP contribution in [0.5, 0.6) is 5.75 Å². The van der Waals surface area contributed by atoms with Crippen LogP contribution in [-0.4, -0.2) is 37.3 Å². The molecule has 1 aliphatic heterocycles. The number of hydrogen-bond donors (Lipinski definition) is 1. The average Bonchev–Trinajstić information content (AvgIpc) is 3.07. The number of methoxy groups -OCH3 is 1. The van der Waals surface area contributed by atoms with E-state index in [2.05, 4.69) is 37.0 Å². The van der Waals surface area contributed by atoms with Gasteiger partial charge < -0.3 is 19.3 Å². The molecule has 0 spiro atoms. The summed E-state index contributed by atoms with van der Waals surface area (Å²) in [5.41, 5.74) is 1.94. The lowest BCUT2D eigenvalue weighted by molar-refractivity contribution is -0.154. The third kappa shape index (κ3) is 3.69. The van der Waals surface area contributed by atoms with E-state index < -0.39 is 5.60 Å². The van der Waals surface area contributed by atoms with E-state index in [-0.39, 0.29) is 11.7 Å². The molecule has 4 aliphatic rings. The Hall–Kier alpha value is -1.54. The third-order valence-corrected chi connectivity index (χ3v) is 8.86. The average molecular weight is 425 g/mol. The number of rotatable bonds is 3. The van der Waals surface area contributed by atoms with E-state index in [1.807, 2.05) is 0 Å². The van der Waals surface area contributed by atoms with Crippen LogP contribution in [0.1, 0.15) is 75.3 Å². The molecule has 1 unspecified atom stereocenters. The van der Waals surface area contributed by atoms with Gasteiger partial charge in [0.25, 0.3) is 0 Å². The lowest BCUT2D eigenvalue weighted by Crippen LogP contribution is -2.50. The van der Waals surface area contributed by atoms with Gasteiger partial charge in [-0.2, -0.15) is 0 Å². The summed E-state index contributed by atoms with van der Waals surface area (Å²) in [6.07, 6.45) is 9.42. The van der Waals surface area contributed by atoms with Crippen molar-refractivity contribution in [1.82, 2.24) is 0 Å². The maximum atomic E-state index is 11.7. The van der Waals surface area contributed by atoms with E-state index in [9.17, 15) is 5.11 Å². The second-order valence-corrected chi connectivity index (χ2v) is 10.2. The largest absolute Gasteiger partial charge is 0.497 e. The fourth-order valence-electron chi connectivity index (χ4n) is 7.07. The monoisotopic (exact) mass is 424 g/mol. The van der Waals surface area contributed by atoms with E-state index in [1.165, 1.54) is 17.5 Å². The number of ether oxygens (including phenoxy) is 3. The molecule has 5 rings (SSSR count). The molecule has 3 aliphatic carbocycles. The topological polar surface area (TPSA) is 47.9 Å². The first kappa shape index (κ1) is 21.3. The molecule has 4 heteroatoms. The number of aliphatic hydroxyl groups is 1. The molecule has 0 amide bonds. The van der Waals surface area contributed by atoms with Gasteiger partial charge >= 0.3 is 0 Å². The Morgan fingerprint density at radius 3 is 2.87 bits per heavy atom. The van der Waals surface area contributed by atoms with Crippen molar-refractivity contribution in [3.05, 3.63) is 29.3 Å². The van der Waals surface area contributed by atoms with Crippen LogP contribution in [-0.2, 0) is 15.9 Å². The molecule has 2 saturated carbocycles. The highest BCUT2D eigenvalue weighted by atomic mass is 16.7. The van der Waals surface area contributed by atoms with Crippen molar-refractivity contribution >= 4 is 0 Å². The Bertz CT molecular complexity index is 864. The van der Waals surface area contributed by atoms with Crippen molar-refractivity contribution in [3.63, 3.8) is 0 Å². The highest BCUT2D eigenvalue weighted by molar-refractivity contribution is 5.41. The second kappa shape index (κ2) is 8.43. The lowest BCUT2D eigenvalue weighted by atomic mass is 9.53. The van der Waals surface area contributed by atoms with Gasteiger partial charge in [-0.15, -0.1) is 0 Å². The molecule has 1 aromatic carbocycles. The summed E-state index contributed by atoms with van der Waals surface area (Å²) >= 11 is 0. The van der Waals surface area contributed by atoms with E-state index in [1.54, 1.807) is 7.11 Å². The zero-order valence-corrected chi connectivity index (χ0v) is 19.0. The van der Waals surface area contributed by atoms with E-state index in [4.69, 9.17) is 14.2 Å². The Morgan fingerprint density at radius 2 is 2.06 bits per heavy atom. The summed E-state index contributed by atoms with van der Waals surface area (Å²) < 4.78 is 16.9. The van der Waals surface area contributed by atoms with Crippen molar-refractivity contribution < 1.29 is 19.3 Å². The smallest absolute Gasteiger partial charge is 0.158 e. The van der Waals surface area contributed by atoms with Crippen LogP contribution in [0.4, 0.5) is 0 Å². The molecule has 3 fully saturated rings. The Balaban J connectivity index is 1.30. The standard InChI is InChI=1S/C27H36O4/c1-26-14-11-22-21-10-8-20(29-2)18-19(21)7-9-23(22)24(26)12-15-27(26,28)13-5-17-31-25-6-3-4-16-30-25/h8,10,18,22-25,28H,3-4,6-7,9,11-12,14-17H2,1-2H3/t22-,23-,24+,25?,26-,27-/m1/s1. The maximum absolute atomic E-state index is 11.7. The Morgan fingerprint density at radius 1 is 1.16 bits per heavy atom. The van der Waals surface area contributed by atoms with Crippen LogP contribution >= 0.6 is 0 Å². The molecule has 0 radical (unpaired) electrons. The van der Waals surface area contributed by atoms with Gasteiger partial charge in [-0.05, 0) is 98.8 Å². The SMILES string of the molecule is COc1ccc2c(c1)CC[C@@H]1[C@@H]2CC[C@]2(C)[C@H]1CC[C@]2(O)C#CCOC1CCCCO1. The lowest BCUT2D eigenvalue weighted by Gasteiger charge is -2.52. The Labute approximate surface area is 186 Å². The number of hydrogen-bond acceptors (Lipinski definition) is 4. The zero-order chi connectivity index (χ0) is 21.5. The van der Waals surface area contributed by atoms with Crippen LogP contribution in [0.15, 0.2) is 18.2 Å². The summed E-state index contributed by atoms with van der Waals surface area (Å²) in [5.74, 6) is 9.17. The summed E-state index contributed by atoms with van der Waals surface area (Å²) in [6.45, 7) is 3.42. The summed E-state index contributed by atoms with van der Waals surface area (Å²) in [6, 6.07) is 6.63. The second-order valence-electron chi connectivity index (χ2n) is 10.2. The predicted octanol–water partition coefficient (Wildman–Crippen LogP) is 4.83. The van der Waals surface area contributed by atoms with E-state index >= 15 is 0 Å². The van der Waals surface area contributed by atoms with Crippen LogP contribution < -0.4 is 4.74 Å². The fourth-order valence-corrected chi connectivity index (χ4v) is 7.07. The predicted molar refractivity (Wildman–Crippen MR) is 120 cm³/mol. The van der Waals surface area contributed by atoms with Gasteiger partial charge in [0.1, 0.15) is 18.0 Å². The third-order valence-electron chi connectivity index (χ3n) is 8.86. The van der Waals surface area contributed by atoms with Crippen molar-refractivity contribution in [2.45, 2.75) is 82.5 Å². The first-order valence-electron chi connectivity index (χ1n) is 12.2. The number of fused-ring (bicyclic) bond motifs is 5. The number of aryl methyl sites for hydroxylation is 1. The van der Waals surface area contributed by atoms with Crippen molar-refractivity contribution in [1.29, 1.82) is 0 Å². The van der Waals surface area contributed by atoms with Gasteiger partial charge in [0.15, 0.2) is 6.29 Å². The highest BCUT2D eigenvalue weighted by Crippen LogP contribution is 2.64. The summed E-state index contributed by atoms with van der Waals surface area (Å²) in [4.78, 5) is 0. The van der Waals surface area contributed by atoms with Crippen LogP contribution in [0.3, 0.4) is 0 Å². The molecule has 6 atom stereocenters. The molecule has 1 aromatic rings. The van der Waals surface area contributed by atoms with Gasteiger partial charge in [-0.1, -0.05) is 24.8 Å². The molecular weight excluding hydrogens is 388 g/mol. The molecule has 4 nitrogen and oxygen atoms in total. The van der Waals surface area contributed by atoms with Gasteiger partial charge in [0, 0.05) is 12.0 Å². The minimum atomic E-state index is -0.903. The normalized spacial score (nSPS) is 38.9. The molecule has 0 bridgehead atoms. The molecule has 0 aromatic heterocycles. The molecule has 1 saturated heterocycles. The summed E-state index contributed by atoms with van der Waals surface area (Å²) in [7, 11) is 1.74. The van der Waals surface area contributed by atoms with Gasteiger partial charge in [-0.3, -0.25) is 0 Å². The molecule has 1 heterocycles. The van der Waals surface area contributed by atoms with Crippen molar-refractivity contribution in [2.75, 3.05) is 20.3 Å². The van der Waals surface area contributed by atoms with Gasteiger partial charge in [0.2, 0.25) is 0 Å². The highest BCUT2D eigenvalue weighted by Gasteiger charge is 2.61. The zero-order valence-electron chi connectivity index (χ0n) is 19.0. The minimum Gasteiger partial charge on any atom is -0.497 e. The van der Waals surface area contributed by atoms with Crippen LogP contribution in [0.2, 0.25) is 0 Å². The molecule has 31 heavy (non-hydrogen) atoms. The van der Waals surface area contributed by atoms with Gasteiger partial charge in [-0.25, -0.2) is 0 Å². The van der Waals surface area contributed by atoms with E-state index in [0.29, 0.717) is 24.4 Å². The van der Waals surface area contributed by atoms with Crippen LogP contribution in [0.25, 0.3) is 0 Å². The maximum Gasteiger partial charge on any atom is 0.158 e. The fraction of sp³-hybridized carbons (Fsp3) is 0.704.